The Balaban J connectivity index is 1.94. The molecule has 20 heavy (non-hydrogen) atoms. The van der Waals surface area contributed by atoms with Crippen molar-refractivity contribution in [2.24, 2.45) is 10.9 Å². The molecule has 0 spiro atoms. The van der Waals surface area contributed by atoms with E-state index < -0.39 is 5.82 Å². The minimum atomic E-state index is -0.439. The maximum Gasteiger partial charge on any atom is 0.170 e. The van der Waals surface area contributed by atoms with Crippen molar-refractivity contribution in [1.82, 2.24) is 0 Å². The molecule has 0 radical (unpaired) electrons. The summed E-state index contributed by atoms with van der Waals surface area (Å²) in [6.07, 6.45) is 3.37. The zero-order valence-electron chi connectivity index (χ0n) is 11.2. The third-order valence-corrected chi connectivity index (χ3v) is 3.29. The lowest BCUT2D eigenvalue weighted by atomic mass is 10.1. The molecule has 0 amide bonds. The Morgan fingerprint density at radius 2 is 2.35 bits per heavy atom. The van der Waals surface area contributed by atoms with Gasteiger partial charge in [0.25, 0.3) is 0 Å². The number of rotatable bonds is 5. The highest BCUT2D eigenvalue weighted by atomic mass is 19.1. The molecule has 5 nitrogen and oxygen atoms in total. The van der Waals surface area contributed by atoms with E-state index in [2.05, 4.69) is 5.16 Å². The van der Waals surface area contributed by atoms with Crippen molar-refractivity contribution in [2.45, 2.75) is 32.0 Å². The van der Waals surface area contributed by atoms with Gasteiger partial charge in [0.1, 0.15) is 5.82 Å². The van der Waals surface area contributed by atoms with Crippen molar-refractivity contribution in [2.75, 3.05) is 13.2 Å². The van der Waals surface area contributed by atoms with Crippen LogP contribution in [-0.4, -0.2) is 30.4 Å². The minimum Gasteiger partial charge on any atom is -0.409 e. The number of halogens is 1. The summed E-state index contributed by atoms with van der Waals surface area (Å²) >= 11 is 0. The van der Waals surface area contributed by atoms with E-state index in [-0.39, 0.29) is 18.5 Å². The molecule has 0 saturated carbocycles. The lowest BCUT2D eigenvalue weighted by molar-refractivity contribution is -0.0447. The SMILES string of the molecule is NC(=NO)c1cc(F)ccc1COCC1CCCCO1. The van der Waals surface area contributed by atoms with Gasteiger partial charge in [-0.1, -0.05) is 11.2 Å². The summed E-state index contributed by atoms with van der Waals surface area (Å²) in [6.45, 7) is 1.54. The van der Waals surface area contributed by atoms with Gasteiger partial charge in [-0.2, -0.15) is 0 Å². The Hall–Kier alpha value is -1.66. The van der Waals surface area contributed by atoms with Crippen LogP contribution in [0.2, 0.25) is 0 Å². The van der Waals surface area contributed by atoms with Crippen LogP contribution < -0.4 is 5.73 Å². The second-order valence-corrected chi connectivity index (χ2v) is 4.79. The summed E-state index contributed by atoms with van der Waals surface area (Å²) in [7, 11) is 0. The first-order valence-corrected chi connectivity index (χ1v) is 6.66. The first kappa shape index (κ1) is 14.7. The predicted octanol–water partition coefficient (Wildman–Crippen LogP) is 2.01. The summed E-state index contributed by atoms with van der Waals surface area (Å²) in [5.41, 5.74) is 6.55. The molecular weight excluding hydrogens is 263 g/mol. The van der Waals surface area contributed by atoms with Crippen LogP contribution in [0.4, 0.5) is 4.39 Å². The molecule has 1 aromatic carbocycles. The molecule has 1 aromatic rings. The molecule has 1 fully saturated rings. The number of nitrogens with zero attached hydrogens (tertiary/aromatic N) is 1. The van der Waals surface area contributed by atoms with Gasteiger partial charge in [-0.05, 0) is 37.0 Å². The number of oxime groups is 1. The zero-order chi connectivity index (χ0) is 14.4. The number of amidine groups is 1. The summed E-state index contributed by atoms with van der Waals surface area (Å²) in [5, 5.41) is 11.6. The summed E-state index contributed by atoms with van der Waals surface area (Å²) in [5.74, 6) is -0.567. The lowest BCUT2D eigenvalue weighted by Gasteiger charge is -2.22. The Kier molecular flexibility index (Phi) is 5.31. The van der Waals surface area contributed by atoms with Crippen molar-refractivity contribution in [3.8, 4) is 0 Å². The van der Waals surface area contributed by atoms with Gasteiger partial charge in [0.2, 0.25) is 0 Å². The van der Waals surface area contributed by atoms with Crippen LogP contribution in [-0.2, 0) is 16.1 Å². The normalized spacial score (nSPS) is 20.1. The first-order valence-electron chi connectivity index (χ1n) is 6.66. The van der Waals surface area contributed by atoms with Crippen LogP contribution in [0.1, 0.15) is 30.4 Å². The molecule has 2 rings (SSSR count). The molecule has 1 heterocycles. The topological polar surface area (TPSA) is 77.1 Å². The van der Waals surface area contributed by atoms with E-state index in [4.69, 9.17) is 20.4 Å². The Morgan fingerprint density at radius 3 is 3.05 bits per heavy atom. The molecule has 110 valence electrons. The van der Waals surface area contributed by atoms with Crippen molar-refractivity contribution in [3.05, 3.63) is 35.1 Å². The number of hydrogen-bond donors (Lipinski definition) is 2. The van der Waals surface area contributed by atoms with Gasteiger partial charge in [0.15, 0.2) is 5.84 Å². The fraction of sp³-hybridized carbons (Fsp3) is 0.500. The van der Waals surface area contributed by atoms with Gasteiger partial charge in [0, 0.05) is 12.2 Å². The molecular formula is C14H19FN2O3. The number of hydrogen-bond acceptors (Lipinski definition) is 4. The average molecular weight is 282 g/mol. The fourth-order valence-electron chi connectivity index (χ4n) is 2.21. The van der Waals surface area contributed by atoms with Gasteiger partial charge < -0.3 is 20.4 Å². The molecule has 1 aliphatic heterocycles. The lowest BCUT2D eigenvalue weighted by Crippen LogP contribution is -2.24. The van der Waals surface area contributed by atoms with Crippen molar-refractivity contribution in [1.29, 1.82) is 0 Å². The van der Waals surface area contributed by atoms with E-state index in [0.29, 0.717) is 17.7 Å². The molecule has 3 N–H and O–H groups in total. The van der Waals surface area contributed by atoms with E-state index in [1.165, 1.54) is 12.1 Å². The molecule has 0 bridgehead atoms. The molecule has 1 aliphatic rings. The van der Waals surface area contributed by atoms with Gasteiger partial charge in [-0.25, -0.2) is 4.39 Å². The molecule has 0 aliphatic carbocycles. The number of nitrogens with two attached hydrogens (primary N) is 1. The smallest absolute Gasteiger partial charge is 0.170 e. The van der Waals surface area contributed by atoms with E-state index in [9.17, 15) is 4.39 Å². The highest BCUT2D eigenvalue weighted by Crippen LogP contribution is 2.16. The van der Waals surface area contributed by atoms with Gasteiger partial charge in [-0.15, -0.1) is 0 Å². The van der Waals surface area contributed by atoms with Crippen LogP contribution in [0, 0.1) is 5.82 Å². The second-order valence-electron chi connectivity index (χ2n) is 4.79. The number of ether oxygens (including phenoxy) is 2. The molecule has 0 aromatic heterocycles. The van der Waals surface area contributed by atoms with Crippen LogP contribution in [0.5, 0.6) is 0 Å². The summed E-state index contributed by atoms with van der Waals surface area (Å²) in [4.78, 5) is 0. The summed E-state index contributed by atoms with van der Waals surface area (Å²) < 4.78 is 24.4. The predicted molar refractivity (Wildman–Crippen MR) is 72.2 cm³/mol. The Morgan fingerprint density at radius 1 is 1.50 bits per heavy atom. The largest absolute Gasteiger partial charge is 0.409 e. The fourth-order valence-corrected chi connectivity index (χ4v) is 2.21. The molecule has 6 heteroatoms. The van der Waals surface area contributed by atoms with E-state index in [1.807, 2.05) is 0 Å². The van der Waals surface area contributed by atoms with E-state index in [1.54, 1.807) is 6.07 Å². The molecule has 1 atom stereocenters. The maximum atomic E-state index is 13.2. The van der Waals surface area contributed by atoms with Crippen molar-refractivity contribution in [3.63, 3.8) is 0 Å². The molecule has 1 saturated heterocycles. The monoisotopic (exact) mass is 282 g/mol. The third kappa shape index (κ3) is 3.91. The van der Waals surface area contributed by atoms with Crippen LogP contribution in [0.25, 0.3) is 0 Å². The van der Waals surface area contributed by atoms with Crippen molar-refractivity contribution >= 4 is 5.84 Å². The highest BCUT2D eigenvalue weighted by molar-refractivity contribution is 5.98. The molecule has 1 unspecified atom stereocenters. The average Bonchev–Trinajstić information content (AvgIpc) is 2.49. The van der Waals surface area contributed by atoms with Crippen LogP contribution >= 0.6 is 0 Å². The standard InChI is InChI=1S/C14H19FN2O3/c15-11-5-4-10(13(7-11)14(16)17-18)8-19-9-12-3-1-2-6-20-12/h4-5,7,12,18H,1-3,6,8-9H2,(H2,16,17). The van der Waals surface area contributed by atoms with Crippen molar-refractivity contribution < 1.29 is 19.1 Å². The van der Waals surface area contributed by atoms with E-state index >= 15 is 0 Å². The second kappa shape index (κ2) is 7.21. The Labute approximate surface area is 117 Å². The van der Waals surface area contributed by atoms with Gasteiger partial charge in [0.05, 0.1) is 19.3 Å². The quantitative estimate of drug-likeness (QED) is 0.375. The van der Waals surface area contributed by atoms with Gasteiger partial charge >= 0.3 is 0 Å². The first-order chi connectivity index (χ1) is 9.70. The zero-order valence-corrected chi connectivity index (χ0v) is 11.2. The minimum absolute atomic E-state index is 0.122. The Bertz CT molecular complexity index is 473. The third-order valence-electron chi connectivity index (χ3n) is 3.29. The maximum absolute atomic E-state index is 13.2. The summed E-state index contributed by atoms with van der Waals surface area (Å²) in [6, 6.07) is 4.12. The highest BCUT2D eigenvalue weighted by Gasteiger charge is 2.15. The van der Waals surface area contributed by atoms with E-state index in [0.717, 1.165) is 25.9 Å². The van der Waals surface area contributed by atoms with Crippen LogP contribution in [0.3, 0.4) is 0 Å². The van der Waals surface area contributed by atoms with Gasteiger partial charge in [-0.3, -0.25) is 0 Å². The number of benzene rings is 1. The van der Waals surface area contributed by atoms with Crippen LogP contribution in [0.15, 0.2) is 23.4 Å².